The van der Waals surface area contributed by atoms with Crippen LogP contribution < -0.4 is 10.6 Å². The van der Waals surface area contributed by atoms with Gasteiger partial charge in [0.25, 0.3) is 0 Å². The summed E-state index contributed by atoms with van der Waals surface area (Å²) >= 11 is 0. The Kier molecular flexibility index (Phi) is 6.45. The van der Waals surface area contributed by atoms with Gasteiger partial charge in [0.05, 0.1) is 19.6 Å². The Morgan fingerprint density at radius 3 is 2.79 bits per heavy atom. The van der Waals surface area contributed by atoms with Crippen LogP contribution in [0.5, 0.6) is 0 Å². The van der Waals surface area contributed by atoms with Crippen molar-refractivity contribution in [3.63, 3.8) is 0 Å². The van der Waals surface area contributed by atoms with Crippen molar-refractivity contribution in [2.24, 2.45) is 10.4 Å². The second kappa shape index (κ2) is 8.35. The van der Waals surface area contributed by atoms with Crippen molar-refractivity contribution in [3.8, 4) is 0 Å². The smallest absolute Gasteiger partial charge is 0.324 e. The van der Waals surface area contributed by atoms with E-state index in [4.69, 9.17) is 0 Å². The first-order valence-electron chi connectivity index (χ1n) is 9.10. The fourth-order valence-electron chi connectivity index (χ4n) is 3.67. The van der Waals surface area contributed by atoms with E-state index in [1.54, 1.807) is 0 Å². The standard InChI is InChI=1S/C17H31N5O2/c1-4-7-17(3)8-6-10-21(13-17)15(18-5-2)19-9-11-22-14(23)12-20-16(22)24/h4-13H2,1-3H3,(H,18,19)(H,20,24). The molecular formula is C17H31N5O2. The summed E-state index contributed by atoms with van der Waals surface area (Å²) in [5.74, 6) is 0.722. The van der Waals surface area contributed by atoms with Crippen molar-refractivity contribution >= 4 is 17.9 Å². The predicted octanol–water partition coefficient (Wildman–Crippen LogP) is 1.41. The molecule has 2 N–H and O–H groups in total. The minimum absolute atomic E-state index is 0.101. The molecule has 2 saturated heterocycles. The van der Waals surface area contributed by atoms with Crippen LogP contribution in [0, 0.1) is 5.41 Å². The minimum atomic E-state index is -0.311. The van der Waals surface area contributed by atoms with Crippen molar-refractivity contribution in [1.82, 2.24) is 20.4 Å². The first-order chi connectivity index (χ1) is 11.5. The Bertz CT molecular complexity index is 473. The number of nitrogens with one attached hydrogen (secondary N) is 2. The van der Waals surface area contributed by atoms with Gasteiger partial charge in [-0.3, -0.25) is 14.7 Å². The topological polar surface area (TPSA) is 77.0 Å². The molecule has 0 saturated carbocycles. The monoisotopic (exact) mass is 337 g/mol. The summed E-state index contributed by atoms with van der Waals surface area (Å²) in [6.45, 7) is 10.3. The Labute approximate surface area is 144 Å². The van der Waals surface area contributed by atoms with Gasteiger partial charge in [-0.2, -0.15) is 0 Å². The molecule has 7 nitrogen and oxygen atoms in total. The number of aliphatic imine (C=N–C) groups is 1. The summed E-state index contributed by atoms with van der Waals surface area (Å²) in [7, 11) is 0. The SMILES string of the molecule is CCCC1(C)CCCN(C(=NCCN2C(=O)CNC2=O)NCC)C1. The first kappa shape index (κ1) is 18.5. The van der Waals surface area contributed by atoms with Gasteiger partial charge in [-0.15, -0.1) is 0 Å². The molecule has 0 aromatic carbocycles. The van der Waals surface area contributed by atoms with Crippen LogP contribution in [0.25, 0.3) is 0 Å². The van der Waals surface area contributed by atoms with Crippen LogP contribution in [0.2, 0.25) is 0 Å². The zero-order valence-electron chi connectivity index (χ0n) is 15.2. The van der Waals surface area contributed by atoms with E-state index in [0.29, 0.717) is 18.5 Å². The summed E-state index contributed by atoms with van der Waals surface area (Å²) in [6.07, 6.45) is 4.86. The van der Waals surface area contributed by atoms with Crippen LogP contribution in [0.1, 0.15) is 46.5 Å². The molecule has 136 valence electrons. The number of imide groups is 1. The molecule has 0 aromatic heterocycles. The number of rotatable bonds is 6. The highest BCUT2D eigenvalue weighted by atomic mass is 16.2. The van der Waals surface area contributed by atoms with E-state index in [1.807, 2.05) is 0 Å². The van der Waals surface area contributed by atoms with Gasteiger partial charge >= 0.3 is 6.03 Å². The highest BCUT2D eigenvalue weighted by molar-refractivity contribution is 6.01. The molecule has 2 rings (SSSR count). The number of carbonyl (C=O) groups is 2. The van der Waals surface area contributed by atoms with Crippen LogP contribution in [0.15, 0.2) is 4.99 Å². The van der Waals surface area contributed by atoms with Gasteiger partial charge in [0, 0.05) is 19.6 Å². The van der Waals surface area contributed by atoms with E-state index in [2.05, 4.69) is 41.3 Å². The summed E-state index contributed by atoms with van der Waals surface area (Å²) in [4.78, 5) is 31.4. The average molecular weight is 337 g/mol. The number of hydrogen-bond acceptors (Lipinski definition) is 3. The molecule has 2 fully saturated rings. The molecule has 0 aliphatic carbocycles. The molecule has 1 atom stereocenters. The van der Waals surface area contributed by atoms with E-state index in [0.717, 1.165) is 25.6 Å². The number of hydrogen-bond donors (Lipinski definition) is 2. The van der Waals surface area contributed by atoms with Gasteiger partial charge in [-0.25, -0.2) is 4.79 Å². The number of likely N-dealkylation sites (tertiary alicyclic amines) is 1. The van der Waals surface area contributed by atoms with Crippen molar-refractivity contribution in [3.05, 3.63) is 0 Å². The second-order valence-electron chi connectivity index (χ2n) is 7.03. The van der Waals surface area contributed by atoms with E-state index in [1.165, 1.54) is 30.6 Å². The molecule has 1 unspecified atom stereocenters. The van der Waals surface area contributed by atoms with Gasteiger partial charge in [-0.1, -0.05) is 20.3 Å². The molecule has 7 heteroatoms. The van der Waals surface area contributed by atoms with Gasteiger partial charge in [-0.05, 0) is 31.6 Å². The van der Waals surface area contributed by atoms with E-state index in [-0.39, 0.29) is 18.5 Å². The Balaban J connectivity index is 1.97. The van der Waals surface area contributed by atoms with Crippen LogP contribution in [0.4, 0.5) is 4.79 Å². The fourth-order valence-corrected chi connectivity index (χ4v) is 3.67. The van der Waals surface area contributed by atoms with Gasteiger partial charge < -0.3 is 15.5 Å². The number of nitrogens with zero attached hydrogens (tertiary/aromatic N) is 3. The lowest BCUT2D eigenvalue weighted by Gasteiger charge is -2.42. The number of piperidine rings is 1. The van der Waals surface area contributed by atoms with Gasteiger partial charge in [0.15, 0.2) is 5.96 Å². The number of carbonyl (C=O) groups excluding carboxylic acids is 2. The molecule has 3 amide bonds. The number of guanidine groups is 1. The lowest BCUT2D eigenvalue weighted by Crippen LogP contribution is -2.50. The molecule has 24 heavy (non-hydrogen) atoms. The Morgan fingerprint density at radius 2 is 2.17 bits per heavy atom. The maximum atomic E-state index is 11.6. The number of urea groups is 1. The van der Waals surface area contributed by atoms with Crippen LogP contribution >= 0.6 is 0 Å². The van der Waals surface area contributed by atoms with Gasteiger partial charge in [0.1, 0.15) is 0 Å². The first-order valence-corrected chi connectivity index (χ1v) is 9.10. The molecule has 0 radical (unpaired) electrons. The fraction of sp³-hybridized carbons (Fsp3) is 0.824. The molecule has 2 heterocycles. The lowest BCUT2D eigenvalue weighted by atomic mass is 9.78. The zero-order valence-corrected chi connectivity index (χ0v) is 15.2. The molecule has 2 aliphatic rings. The molecule has 0 spiro atoms. The minimum Gasteiger partial charge on any atom is -0.357 e. The predicted molar refractivity (Wildman–Crippen MR) is 94.9 cm³/mol. The van der Waals surface area contributed by atoms with Crippen molar-refractivity contribution in [1.29, 1.82) is 0 Å². The lowest BCUT2D eigenvalue weighted by molar-refractivity contribution is -0.124. The highest BCUT2D eigenvalue weighted by Gasteiger charge is 2.32. The van der Waals surface area contributed by atoms with Crippen molar-refractivity contribution in [2.75, 3.05) is 39.3 Å². The maximum Gasteiger partial charge on any atom is 0.324 e. The van der Waals surface area contributed by atoms with E-state index >= 15 is 0 Å². The van der Waals surface area contributed by atoms with Crippen LogP contribution in [-0.4, -0.2) is 67.0 Å². The molecule has 0 aromatic rings. The zero-order chi connectivity index (χ0) is 17.6. The second-order valence-corrected chi connectivity index (χ2v) is 7.03. The molecule has 0 bridgehead atoms. The van der Waals surface area contributed by atoms with Crippen LogP contribution in [-0.2, 0) is 4.79 Å². The Hall–Kier alpha value is -1.79. The van der Waals surface area contributed by atoms with Crippen molar-refractivity contribution < 1.29 is 9.59 Å². The highest BCUT2D eigenvalue weighted by Crippen LogP contribution is 2.33. The van der Waals surface area contributed by atoms with E-state index in [9.17, 15) is 9.59 Å². The Morgan fingerprint density at radius 1 is 1.38 bits per heavy atom. The summed E-state index contributed by atoms with van der Waals surface area (Å²) < 4.78 is 0. The van der Waals surface area contributed by atoms with E-state index < -0.39 is 0 Å². The summed E-state index contributed by atoms with van der Waals surface area (Å²) in [6, 6.07) is -0.311. The third-order valence-corrected chi connectivity index (χ3v) is 4.79. The van der Waals surface area contributed by atoms with Crippen LogP contribution in [0.3, 0.4) is 0 Å². The largest absolute Gasteiger partial charge is 0.357 e. The summed E-state index contributed by atoms with van der Waals surface area (Å²) in [5, 5.41) is 5.89. The summed E-state index contributed by atoms with van der Waals surface area (Å²) in [5.41, 5.74) is 0.341. The van der Waals surface area contributed by atoms with Crippen molar-refractivity contribution in [2.45, 2.75) is 46.5 Å². The maximum absolute atomic E-state index is 11.6. The average Bonchev–Trinajstić information content (AvgIpc) is 2.86. The molecular weight excluding hydrogens is 306 g/mol. The quantitative estimate of drug-likeness (QED) is 0.436. The normalized spacial score (nSPS) is 25.2. The third-order valence-electron chi connectivity index (χ3n) is 4.79. The molecule has 2 aliphatic heterocycles. The number of amides is 3. The third kappa shape index (κ3) is 4.61. The van der Waals surface area contributed by atoms with Gasteiger partial charge in [0.2, 0.25) is 5.91 Å².